The Morgan fingerprint density at radius 1 is 1.40 bits per heavy atom. The molecule has 0 fully saturated rings. The van der Waals surface area contributed by atoms with Crippen LogP contribution in [0.25, 0.3) is 0 Å². The molecule has 2 unspecified atom stereocenters. The SMILES string of the molecule is Cc1ccc(S(=O)(=O)NC(C)C(C)CO)cc1[N+](=O)[O-]. The number of aryl methyl sites for hydroxylation is 1. The summed E-state index contributed by atoms with van der Waals surface area (Å²) in [6.07, 6.45) is 0. The summed E-state index contributed by atoms with van der Waals surface area (Å²) in [5.41, 5.74) is 0.154. The molecule has 0 aliphatic carbocycles. The molecular formula is C12H18N2O5S. The van der Waals surface area contributed by atoms with E-state index in [0.717, 1.165) is 6.07 Å². The van der Waals surface area contributed by atoms with Gasteiger partial charge in [-0.2, -0.15) is 0 Å². The van der Waals surface area contributed by atoms with Gasteiger partial charge in [0.05, 0.1) is 9.82 Å². The molecule has 0 aliphatic rings. The van der Waals surface area contributed by atoms with E-state index in [1.54, 1.807) is 20.8 Å². The third kappa shape index (κ3) is 3.75. The van der Waals surface area contributed by atoms with Crippen LogP contribution >= 0.6 is 0 Å². The molecule has 8 heteroatoms. The van der Waals surface area contributed by atoms with Crippen LogP contribution in [0.4, 0.5) is 5.69 Å². The van der Waals surface area contributed by atoms with Crippen LogP contribution in [-0.2, 0) is 10.0 Å². The first-order valence-corrected chi connectivity index (χ1v) is 7.55. The van der Waals surface area contributed by atoms with Gasteiger partial charge in [-0.15, -0.1) is 0 Å². The number of nitrogens with zero attached hydrogens (tertiary/aromatic N) is 1. The molecule has 0 aliphatic heterocycles. The summed E-state index contributed by atoms with van der Waals surface area (Å²) in [6, 6.07) is 3.27. The molecule has 0 radical (unpaired) electrons. The van der Waals surface area contributed by atoms with Crippen molar-refractivity contribution in [2.45, 2.75) is 31.7 Å². The molecule has 0 saturated heterocycles. The minimum absolute atomic E-state index is 0.155. The van der Waals surface area contributed by atoms with Crippen molar-refractivity contribution in [1.82, 2.24) is 4.72 Å². The molecule has 2 atom stereocenters. The molecule has 0 spiro atoms. The molecule has 0 heterocycles. The molecule has 0 saturated carbocycles. The van der Waals surface area contributed by atoms with E-state index in [1.807, 2.05) is 0 Å². The van der Waals surface area contributed by atoms with Crippen LogP contribution < -0.4 is 4.72 Å². The predicted octanol–water partition coefficient (Wildman–Crippen LogP) is 1.20. The molecule has 7 nitrogen and oxygen atoms in total. The fourth-order valence-corrected chi connectivity index (χ4v) is 2.91. The minimum atomic E-state index is -3.85. The summed E-state index contributed by atoms with van der Waals surface area (Å²) in [7, 11) is -3.85. The Kier molecular flexibility index (Phi) is 5.21. The number of aliphatic hydroxyl groups excluding tert-OH is 1. The van der Waals surface area contributed by atoms with Gasteiger partial charge in [0.15, 0.2) is 0 Å². The van der Waals surface area contributed by atoms with Gasteiger partial charge in [-0.25, -0.2) is 13.1 Å². The maximum atomic E-state index is 12.1. The lowest BCUT2D eigenvalue weighted by molar-refractivity contribution is -0.385. The number of hydrogen-bond donors (Lipinski definition) is 2. The molecule has 20 heavy (non-hydrogen) atoms. The fourth-order valence-electron chi connectivity index (χ4n) is 1.54. The van der Waals surface area contributed by atoms with E-state index >= 15 is 0 Å². The van der Waals surface area contributed by atoms with Gasteiger partial charge in [-0.3, -0.25) is 10.1 Å². The van der Waals surface area contributed by atoms with Gasteiger partial charge in [0, 0.05) is 24.3 Å². The molecule has 1 rings (SSSR count). The lowest BCUT2D eigenvalue weighted by Crippen LogP contribution is -2.38. The monoisotopic (exact) mass is 302 g/mol. The van der Waals surface area contributed by atoms with E-state index in [0.29, 0.717) is 5.56 Å². The highest BCUT2D eigenvalue weighted by atomic mass is 32.2. The molecule has 112 valence electrons. The number of sulfonamides is 1. The zero-order chi connectivity index (χ0) is 15.5. The number of nitro benzene ring substituents is 1. The Hall–Kier alpha value is -1.51. The topological polar surface area (TPSA) is 110 Å². The minimum Gasteiger partial charge on any atom is -0.396 e. The highest BCUT2D eigenvalue weighted by Gasteiger charge is 2.23. The normalized spacial score (nSPS) is 14.8. The highest BCUT2D eigenvalue weighted by Crippen LogP contribution is 2.22. The Morgan fingerprint density at radius 2 is 2.00 bits per heavy atom. The van der Waals surface area contributed by atoms with Crippen LogP contribution in [0, 0.1) is 23.0 Å². The first-order chi connectivity index (χ1) is 9.19. The molecule has 2 N–H and O–H groups in total. The quantitative estimate of drug-likeness (QED) is 0.606. The number of rotatable bonds is 6. The number of hydrogen-bond acceptors (Lipinski definition) is 5. The number of nitrogens with one attached hydrogen (secondary N) is 1. The van der Waals surface area contributed by atoms with Gasteiger partial charge < -0.3 is 5.11 Å². The number of nitro groups is 1. The molecule has 0 aromatic heterocycles. The Labute approximate surface area is 117 Å². The maximum Gasteiger partial charge on any atom is 0.273 e. The van der Waals surface area contributed by atoms with Crippen molar-refractivity contribution >= 4 is 15.7 Å². The van der Waals surface area contributed by atoms with Crippen molar-refractivity contribution < 1.29 is 18.4 Å². The van der Waals surface area contributed by atoms with Gasteiger partial charge in [0.2, 0.25) is 10.0 Å². The highest BCUT2D eigenvalue weighted by molar-refractivity contribution is 7.89. The Balaban J connectivity index is 3.10. The van der Waals surface area contributed by atoms with Crippen molar-refractivity contribution in [3.8, 4) is 0 Å². The van der Waals surface area contributed by atoms with E-state index in [1.165, 1.54) is 12.1 Å². The average Bonchev–Trinajstić information content (AvgIpc) is 2.36. The first-order valence-electron chi connectivity index (χ1n) is 6.07. The van der Waals surface area contributed by atoms with Gasteiger partial charge in [-0.1, -0.05) is 13.0 Å². The average molecular weight is 302 g/mol. The van der Waals surface area contributed by atoms with Crippen LogP contribution in [0.15, 0.2) is 23.1 Å². The molecule has 1 aromatic rings. The maximum absolute atomic E-state index is 12.1. The molecule has 1 aromatic carbocycles. The second-order valence-corrected chi connectivity index (χ2v) is 6.49. The zero-order valence-corrected chi connectivity index (χ0v) is 12.3. The summed E-state index contributed by atoms with van der Waals surface area (Å²) in [4.78, 5) is 10.1. The van der Waals surface area contributed by atoms with Crippen molar-refractivity contribution in [2.75, 3.05) is 6.61 Å². The molecule has 0 bridgehead atoms. The van der Waals surface area contributed by atoms with Gasteiger partial charge in [0.25, 0.3) is 5.69 Å². The van der Waals surface area contributed by atoms with Crippen LogP contribution in [0.1, 0.15) is 19.4 Å². The van der Waals surface area contributed by atoms with Gasteiger partial charge in [0.1, 0.15) is 0 Å². The first kappa shape index (κ1) is 16.5. The predicted molar refractivity (Wildman–Crippen MR) is 73.9 cm³/mol. The third-order valence-corrected chi connectivity index (χ3v) is 4.73. The largest absolute Gasteiger partial charge is 0.396 e. The second-order valence-electron chi connectivity index (χ2n) is 4.78. The fraction of sp³-hybridized carbons (Fsp3) is 0.500. The van der Waals surface area contributed by atoms with Crippen LogP contribution in [0.3, 0.4) is 0 Å². The molecule has 0 amide bonds. The summed E-state index contributed by atoms with van der Waals surface area (Å²) in [6.45, 7) is 4.71. The summed E-state index contributed by atoms with van der Waals surface area (Å²) >= 11 is 0. The standard InChI is InChI=1S/C12H18N2O5S/c1-8-4-5-11(6-12(8)14(16)17)20(18,19)13-10(3)9(2)7-15/h4-6,9-10,13,15H,7H2,1-3H3. The number of aliphatic hydroxyl groups is 1. The second kappa shape index (κ2) is 6.29. The van der Waals surface area contributed by atoms with Crippen LogP contribution in [0.5, 0.6) is 0 Å². The van der Waals surface area contributed by atoms with Crippen molar-refractivity contribution in [1.29, 1.82) is 0 Å². The van der Waals surface area contributed by atoms with Crippen molar-refractivity contribution in [2.24, 2.45) is 5.92 Å². The van der Waals surface area contributed by atoms with E-state index in [4.69, 9.17) is 5.11 Å². The van der Waals surface area contributed by atoms with Crippen molar-refractivity contribution in [3.63, 3.8) is 0 Å². The lowest BCUT2D eigenvalue weighted by atomic mass is 10.1. The van der Waals surface area contributed by atoms with E-state index in [2.05, 4.69) is 4.72 Å². The summed E-state index contributed by atoms with van der Waals surface area (Å²) in [5, 5.41) is 19.8. The van der Waals surface area contributed by atoms with E-state index in [9.17, 15) is 18.5 Å². The lowest BCUT2D eigenvalue weighted by Gasteiger charge is -2.19. The zero-order valence-electron chi connectivity index (χ0n) is 11.5. The van der Waals surface area contributed by atoms with Crippen LogP contribution in [-0.4, -0.2) is 31.1 Å². The Morgan fingerprint density at radius 3 is 2.50 bits per heavy atom. The molecular weight excluding hydrogens is 284 g/mol. The smallest absolute Gasteiger partial charge is 0.273 e. The van der Waals surface area contributed by atoms with E-state index in [-0.39, 0.29) is 23.1 Å². The van der Waals surface area contributed by atoms with Gasteiger partial charge in [-0.05, 0) is 25.8 Å². The summed E-state index contributed by atoms with van der Waals surface area (Å²) in [5.74, 6) is -0.259. The van der Waals surface area contributed by atoms with Crippen LogP contribution in [0.2, 0.25) is 0 Å². The van der Waals surface area contributed by atoms with E-state index < -0.39 is 21.0 Å². The Bertz CT molecular complexity index is 600. The van der Waals surface area contributed by atoms with Crippen molar-refractivity contribution in [3.05, 3.63) is 33.9 Å². The third-order valence-electron chi connectivity index (χ3n) is 3.17. The van der Waals surface area contributed by atoms with Gasteiger partial charge >= 0.3 is 0 Å². The number of benzene rings is 1. The summed E-state index contributed by atoms with van der Waals surface area (Å²) < 4.78 is 26.7.